The van der Waals surface area contributed by atoms with Crippen LogP contribution in [0.25, 0.3) is 0 Å². The maximum absolute atomic E-state index is 14.1. The van der Waals surface area contributed by atoms with Crippen LogP contribution in [-0.2, 0) is 4.79 Å². The number of nitrogens with one attached hydrogen (secondary N) is 1. The third kappa shape index (κ3) is 3.27. The lowest BCUT2D eigenvalue weighted by Gasteiger charge is -2.18. The number of halogens is 1. The van der Waals surface area contributed by atoms with Gasteiger partial charge in [-0.05, 0) is 37.1 Å². The average molecular weight is 357 g/mol. The highest BCUT2D eigenvalue weighted by Gasteiger charge is 2.33. The first-order valence-corrected chi connectivity index (χ1v) is 8.38. The molecule has 136 valence electrons. The van der Waals surface area contributed by atoms with Gasteiger partial charge in [0.1, 0.15) is 17.3 Å². The second-order valence-electron chi connectivity index (χ2n) is 6.31. The van der Waals surface area contributed by atoms with Gasteiger partial charge in [0, 0.05) is 12.0 Å². The number of rotatable bonds is 5. The lowest BCUT2D eigenvalue weighted by molar-refractivity contribution is -0.122. The predicted octanol–water partition coefficient (Wildman–Crippen LogP) is 3.93. The van der Waals surface area contributed by atoms with E-state index in [4.69, 9.17) is 9.47 Å². The number of ether oxygens (including phenoxy) is 2. The van der Waals surface area contributed by atoms with Crippen molar-refractivity contribution in [2.24, 2.45) is 0 Å². The quantitative estimate of drug-likeness (QED) is 0.881. The Bertz CT molecular complexity index is 865. The van der Waals surface area contributed by atoms with E-state index in [1.165, 1.54) is 19.2 Å². The van der Waals surface area contributed by atoms with Crippen molar-refractivity contribution < 1.29 is 23.5 Å². The second kappa shape index (κ2) is 7.15. The highest BCUT2D eigenvalue weighted by atomic mass is 19.1. The topological polar surface area (TPSA) is 64.6 Å². The Kier molecular flexibility index (Phi) is 4.93. The molecule has 0 aliphatic heterocycles. The van der Waals surface area contributed by atoms with Gasteiger partial charge in [-0.1, -0.05) is 19.1 Å². The van der Waals surface area contributed by atoms with Gasteiger partial charge in [0.25, 0.3) is 5.91 Å². The molecule has 1 amide bonds. The maximum Gasteiger partial charge on any atom is 0.265 e. The lowest BCUT2D eigenvalue weighted by atomic mass is 10.0. The van der Waals surface area contributed by atoms with Crippen LogP contribution in [0.2, 0.25) is 0 Å². The third-order valence-electron chi connectivity index (χ3n) is 4.46. The Labute approximate surface area is 151 Å². The van der Waals surface area contributed by atoms with Crippen molar-refractivity contribution in [1.82, 2.24) is 0 Å². The van der Waals surface area contributed by atoms with Crippen molar-refractivity contribution >= 4 is 17.4 Å². The van der Waals surface area contributed by atoms with Crippen LogP contribution < -0.4 is 14.8 Å². The average Bonchev–Trinajstić information content (AvgIpc) is 2.93. The predicted molar refractivity (Wildman–Crippen MR) is 95.5 cm³/mol. The first kappa shape index (κ1) is 17.9. The van der Waals surface area contributed by atoms with E-state index in [0.29, 0.717) is 17.0 Å². The molecule has 0 heterocycles. The molecule has 2 aromatic rings. The zero-order valence-corrected chi connectivity index (χ0v) is 14.8. The number of benzene rings is 2. The summed E-state index contributed by atoms with van der Waals surface area (Å²) in [6.45, 7) is 3.37. The minimum absolute atomic E-state index is 0.167. The SMILES string of the molecule is COc1ccccc1NC(=O)C(C)Oc1ccc(F)c2c1C(=O)CC2C. The van der Waals surface area contributed by atoms with Gasteiger partial charge in [-0.3, -0.25) is 9.59 Å². The molecule has 0 radical (unpaired) electrons. The smallest absolute Gasteiger partial charge is 0.265 e. The normalized spacial score (nSPS) is 16.8. The summed E-state index contributed by atoms with van der Waals surface area (Å²) in [5.41, 5.74) is 1.13. The number of hydrogen-bond donors (Lipinski definition) is 1. The molecule has 0 aromatic heterocycles. The van der Waals surface area contributed by atoms with E-state index >= 15 is 0 Å². The summed E-state index contributed by atoms with van der Waals surface area (Å²) >= 11 is 0. The summed E-state index contributed by atoms with van der Waals surface area (Å²) in [5.74, 6) is -0.417. The van der Waals surface area contributed by atoms with Crippen LogP contribution in [0.4, 0.5) is 10.1 Å². The van der Waals surface area contributed by atoms with Crippen LogP contribution in [-0.4, -0.2) is 24.9 Å². The fourth-order valence-electron chi connectivity index (χ4n) is 3.15. The number of para-hydroxylation sites is 2. The first-order valence-electron chi connectivity index (χ1n) is 8.38. The van der Waals surface area contributed by atoms with E-state index in [1.54, 1.807) is 38.1 Å². The number of amides is 1. The fourth-order valence-corrected chi connectivity index (χ4v) is 3.15. The van der Waals surface area contributed by atoms with E-state index < -0.39 is 17.8 Å². The Morgan fingerprint density at radius 2 is 1.96 bits per heavy atom. The number of anilines is 1. The molecule has 3 rings (SSSR count). The Balaban J connectivity index is 1.80. The van der Waals surface area contributed by atoms with E-state index in [2.05, 4.69) is 5.32 Å². The van der Waals surface area contributed by atoms with Gasteiger partial charge in [-0.2, -0.15) is 0 Å². The summed E-state index contributed by atoms with van der Waals surface area (Å²) in [6.07, 6.45) is -0.632. The number of carbonyl (C=O) groups excluding carboxylic acids is 2. The molecule has 2 aromatic carbocycles. The number of ketones is 1. The molecule has 0 bridgehead atoms. The Hall–Kier alpha value is -2.89. The minimum Gasteiger partial charge on any atom is -0.495 e. The molecule has 2 unspecified atom stereocenters. The first-order chi connectivity index (χ1) is 12.4. The van der Waals surface area contributed by atoms with Crippen LogP contribution in [0.15, 0.2) is 36.4 Å². The highest BCUT2D eigenvalue weighted by Crippen LogP contribution is 2.40. The van der Waals surface area contributed by atoms with Crippen LogP contribution in [0.3, 0.4) is 0 Å². The monoisotopic (exact) mass is 357 g/mol. The zero-order chi connectivity index (χ0) is 18.8. The lowest BCUT2D eigenvalue weighted by Crippen LogP contribution is -2.30. The molecule has 2 atom stereocenters. The van der Waals surface area contributed by atoms with Crippen LogP contribution >= 0.6 is 0 Å². The standard InChI is InChI=1S/C20H20FNO4/c1-11-10-15(23)19-17(9-8-13(21)18(11)19)26-12(2)20(24)22-14-6-4-5-7-16(14)25-3/h4-9,11-12H,10H2,1-3H3,(H,22,24). The molecule has 1 N–H and O–H groups in total. The number of Topliss-reactive ketones (excluding diaryl/α,β-unsaturated/α-hetero) is 1. The van der Waals surface area contributed by atoms with Crippen LogP contribution in [0.1, 0.15) is 42.1 Å². The van der Waals surface area contributed by atoms with Gasteiger partial charge < -0.3 is 14.8 Å². The summed E-state index contributed by atoms with van der Waals surface area (Å²) in [5, 5.41) is 2.73. The number of methoxy groups -OCH3 is 1. The van der Waals surface area contributed by atoms with Crippen molar-refractivity contribution in [3.63, 3.8) is 0 Å². The fraction of sp³-hybridized carbons (Fsp3) is 0.300. The van der Waals surface area contributed by atoms with E-state index in [1.807, 2.05) is 0 Å². The summed E-state index contributed by atoms with van der Waals surface area (Å²) in [4.78, 5) is 24.7. The van der Waals surface area contributed by atoms with Crippen molar-refractivity contribution in [1.29, 1.82) is 0 Å². The van der Waals surface area contributed by atoms with Crippen LogP contribution in [0, 0.1) is 5.82 Å². The molecule has 26 heavy (non-hydrogen) atoms. The van der Waals surface area contributed by atoms with E-state index in [9.17, 15) is 14.0 Å². The van der Waals surface area contributed by atoms with Gasteiger partial charge >= 0.3 is 0 Å². The molecule has 0 fully saturated rings. The molecule has 1 aliphatic carbocycles. The van der Waals surface area contributed by atoms with E-state index in [-0.39, 0.29) is 29.4 Å². The molecule has 0 saturated carbocycles. The summed E-state index contributed by atoms with van der Waals surface area (Å²) in [6, 6.07) is 9.68. The Morgan fingerprint density at radius 1 is 1.23 bits per heavy atom. The van der Waals surface area contributed by atoms with Gasteiger partial charge in [0.05, 0.1) is 18.4 Å². The van der Waals surface area contributed by atoms with Gasteiger partial charge in [0.2, 0.25) is 0 Å². The van der Waals surface area contributed by atoms with Gasteiger partial charge in [-0.25, -0.2) is 4.39 Å². The maximum atomic E-state index is 14.1. The number of carbonyl (C=O) groups is 2. The molecule has 0 saturated heterocycles. The third-order valence-corrected chi connectivity index (χ3v) is 4.46. The molecule has 6 heteroatoms. The van der Waals surface area contributed by atoms with Crippen LogP contribution in [0.5, 0.6) is 11.5 Å². The molecule has 1 aliphatic rings. The second-order valence-corrected chi connectivity index (χ2v) is 6.31. The molecule has 0 spiro atoms. The van der Waals surface area contributed by atoms with Gasteiger partial charge in [0.15, 0.2) is 11.9 Å². The minimum atomic E-state index is -0.877. The molecular weight excluding hydrogens is 337 g/mol. The van der Waals surface area contributed by atoms with E-state index in [0.717, 1.165) is 0 Å². The summed E-state index contributed by atoms with van der Waals surface area (Å²) in [7, 11) is 1.51. The number of hydrogen-bond acceptors (Lipinski definition) is 4. The van der Waals surface area contributed by atoms with Crippen molar-refractivity contribution in [3.8, 4) is 11.5 Å². The van der Waals surface area contributed by atoms with Crippen molar-refractivity contribution in [2.45, 2.75) is 32.3 Å². The van der Waals surface area contributed by atoms with Crippen molar-refractivity contribution in [3.05, 3.63) is 53.3 Å². The highest BCUT2D eigenvalue weighted by molar-refractivity contribution is 6.04. The zero-order valence-electron chi connectivity index (χ0n) is 14.8. The largest absolute Gasteiger partial charge is 0.495 e. The number of fused-ring (bicyclic) bond motifs is 1. The van der Waals surface area contributed by atoms with Crippen molar-refractivity contribution in [2.75, 3.05) is 12.4 Å². The van der Waals surface area contributed by atoms with Gasteiger partial charge in [-0.15, -0.1) is 0 Å². The summed E-state index contributed by atoms with van der Waals surface area (Å²) < 4.78 is 25.0. The Morgan fingerprint density at radius 3 is 2.69 bits per heavy atom. The molecular formula is C20H20FNO4. The molecule has 5 nitrogen and oxygen atoms in total.